The number of nitrogens with zero attached hydrogens (tertiary/aromatic N) is 3. The van der Waals surface area contributed by atoms with E-state index >= 15 is 0 Å². The van der Waals surface area contributed by atoms with Gasteiger partial charge in [0, 0.05) is 22.4 Å². The molecular formula is C23H23ClN4OS2. The van der Waals surface area contributed by atoms with Gasteiger partial charge < -0.3 is 5.32 Å². The third kappa shape index (κ3) is 5.29. The van der Waals surface area contributed by atoms with Gasteiger partial charge in [-0.15, -0.1) is 11.8 Å². The van der Waals surface area contributed by atoms with Gasteiger partial charge in [0.05, 0.1) is 15.9 Å². The second kappa shape index (κ2) is 9.42. The molecule has 0 atom stereocenters. The van der Waals surface area contributed by atoms with E-state index in [2.05, 4.69) is 36.4 Å². The molecule has 0 fully saturated rings. The van der Waals surface area contributed by atoms with E-state index < -0.39 is 0 Å². The van der Waals surface area contributed by atoms with Crippen molar-refractivity contribution in [3.63, 3.8) is 0 Å². The molecule has 0 saturated carbocycles. The van der Waals surface area contributed by atoms with Crippen molar-refractivity contribution in [2.75, 3.05) is 11.1 Å². The van der Waals surface area contributed by atoms with Gasteiger partial charge in [-0.1, -0.05) is 22.9 Å². The first kappa shape index (κ1) is 21.9. The fourth-order valence-corrected chi connectivity index (χ4v) is 5.14. The first-order chi connectivity index (χ1) is 14.9. The molecule has 160 valence electrons. The molecule has 0 saturated heterocycles. The summed E-state index contributed by atoms with van der Waals surface area (Å²) in [5.74, 6) is 1.50. The molecule has 4 rings (SSSR count). The SMILES string of the molecule is Cc1cc(NC(=O)CCCSc2ccc(Cl)cc2)n(-c2nc3cc(C)c(C)cc3s2)n1. The van der Waals surface area contributed by atoms with Crippen molar-refractivity contribution in [2.24, 2.45) is 0 Å². The number of carbonyl (C=O) groups is 1. The number of rotatable bonds is 7. The van der Waals surface area contributed by atoms with Crippen LogP contribution in [0.15, 0.2) is 47.4 Å². The Labute approximate surface area is 194 Å². The number of anilines is 1. The zero-order valence-electron chi connectivity index (χ0n) is 17.6. The van der Waals surface area contributed by atoms with Crippen molar-refractivity contribution in [1.82, 2.24) is 14.8 Å². The highest BCUT2D eigenvalue weighted by atomic mass is 35.5. The van der Waals surface area contributed by atoms with Gasteiger partial charge in [0.2, 0.25) is 11.0 Å². The van der Waals surface area contributed by atoms with Gasteiger partial charge in [-0.25, -0.2) is 4.98 Å². The Morgan fingerprint density at radius 2 is 1.87 bits per heavy atom. The highest BCUT2D eigenvalue weighted by molar-refractivity contribution is 7.99. The number of benzene rings is 2. The van der Waals surface area contributed by atoms with E-state index in [1.54, 1.807) is 27.8 Å². The Morgan fingerprint density at radius 3 is 2.65 bits per heavy atom. The van der Waals surface area contributed by atoms with E-state index in [4.69, 9.17) is 16.6 Å². The van der Waals surface area contributed by atoms with Crippen LogP contribution in [0.25, 0.3) is 15.3 Å². The maximum atomic E-state index is 12.5. The number of aryl methyl sites for hydroxylation is 3. The lowest BCUT2D eigenvalue weighted by atomic mass is 10.1. The third-order valence-electron chi connectivity index (χ3n) is 4.90. The molecule has 0 bridgehead atoms. The number of halogens is 1. The minimum Gasteiger partial charge on any atom is -0.311 e. The van der Waals surface area contributed by atoms with Crippen molar-refractivity contribution < 1.29 is 4.79 Å². The van der Waals surface area contributed by atoms with Crippen molar-refractivity contribution in [3.8, 4) is 5.13 Å². The number of aromatic nitrogens is 3. The monoisotopic (exact) mass is 470 g/mol. The Balaban J connectivity index is 1.40. The molecule has 0 aliphatic heterocycles. The molecule has 0 aliphatic rings. The van der Waals surface area contributed by atoms with E-state index in [0.717, 1.165) is 43.1 Å². The smallest absolute Gasteiger partial charge is 0.225 e. The van der Waals surface area contributed by atoms with Crippen LogP contribution in [-0.4, -0.2) is 26.4 Å². The summed E-state index contributed by atoms with van der Waals surface area (Å²) >= 11 is 9.21. The van der Waals surface area contributed by atoms with Crippen molar-refractivity contribution in [2.45, 2.75) is 38.5 Å². The number of fused-ring (bicyclic) bond motifs is 1. The van der Waals surface area contributed by atoms with Gasteiger partial charge in [-0.2, -0.15) is 9.78 Å². The van der Waals surface area contributed by atoms with Crippen LogP contribution in [0, 0.1) is 20.8 Å². The van der Waals surface area contributed by atoms with Crippen molar-refractivity contribution in [3.05, 3.63) is 64.3 Å². The van der Waals surface area contributed by atoms with Gasteiger partial charge in [0.25, 0.3) is 0 Å². The Hall–Kier alpha value is -2.35. The number of thioether (sulfide) groups is 1. The first-order valence-electron chi connectivity index (χ1n) is 10.0. The Kier molecular flexibility index (Phi) is 6.65. The number of thiazole rings is 1. The summed E-state index contributed by atoms with van der Waals surface area (Å²) in [6, 6.07) is 13.9. The Bertz CT molecular complexity index is 1190. The lowest BCUT2D eigenvalue weighted by Crippen LogP contribution is -2.14. The highest BCUT2D eigenvalue weighted by Gasteiger charge is 2.15. The van der Waals surface area contributed by atoms with Crippen LogP contribution in [0.2, 0.25) is 5.02 Å². The number of amides is 1. The molecule has 0 radical (unpaired) electrons. The minimum atomic E-state index is -0.0225. The molecule has 0 aliphatic carbocycles. The largest absolute Gasteiger partial charge is 0.311 e. The zero-order chi connectivity index (χ0) is 22.0. The molecule has 5 nitrogen and oxygen atoms in total. The van der Waals surface area contributed by atoms with Crippen LogP contribution in [0.5, 0.6) is 0 Å². The zero-order valence-corrected chi connectivity index (χ0v) is 20.0. The molecule has 4 aromatic rings. The molecule has 1 amide bonds. The van der Waals surface area contributed by atoms with Gasteiger partial charge in [0.15, 0.2) is 0 Å². The van der Waals surface area contributed by atoms with E-state index in [1.165, 1.54) is 11.1 Å². The molecule has 2 heterocycles. The molecule has 31 heavy (non-hydrogen) atoms. The van der Waals surface area contributed by atoms with Gasteiger partial charge >= 0.3 is 0 Å². The summed E-state index contributed by atoms with van der Waals surface area (Å²) < 4.78 is 2.84. The fraction of sp³-hybridized carbons (Fsp3) is 0.261. The fourth-order valence-electron chi connectivity index (χ4n) is 3.15. The standard InChI is InChI=1S/C23H23ClN4OS2/c1-14-11-19-20(12-15(14)2)31-23(25-19)28-21(13-16(3)27-28)26-22(29)5-4-10-30-18-8-6-17(24)7-9-18/h6-9,11-13H,4-5,10H2,1-3H3,(H,26,29). The summed E-state index contributed by atoms with van der Waals surface area (Å²) in [4.78, 5) is 18.4. The molecule has 8 heteroatoms. The van der Waals surface area contributed by atoms with E-state index in [1.807, 2.05) is 37.3 Å². The molecule has 1 N–H and O–H groups in total. The quantitative estimate of drug-likeness (QED) is 0.245. The van der Waals surface area contributed by atoms with Gasteiger partial charge in [0.1, 0.15) is 5.82 Å². The van der Waals surface area contributed by atoms with Crippen molar-refractivity contribution >= 4 is 56.6 Å². The van der Waals surface area contributed by atoms with Gasteiger partial charge in [-0.3, -0.25) is 4.79 Å². The second-order valence-electron chi connectivity index (χ2n) is 7.44. The first-order valence-corrected chi connectivity index (χ1v) is 12.2. The summed E-state index contributed by atoms with van der Waals surface area (Å²) in [5.41, 5.74) is 4.24. The second-order valence-corrected chi connectivity index (χ2v) is 10.1. The van der Waals surface area contributed by atoms with Crippen LogP contribution >= 0.6 is 34.7 Å². The molecule has 2 aromatic carbocycles. The van der Waals surface area contributed by atoms with E-state index in [9.17, 15) is 4.79 Å². The number of hydrogen-bond donors (Lipinski definition) is 1. The predicted molar refractivity (Wildman–Crippen MR) is 131 cm³/mol. The molecule has 2 aromatic heterocycles. The van der Waals surface area contributed by atoms with Crippen LogP contribution in [0.4, 0.5) is 5.82 Å². The normalized spacial score (nSPS) is 11.2. The lowest BCUT2D eigenvalue weighted by Gasteiger charge is -2.06. The van der Waals surface area contributed by atoms with Gasteiger partial charge in [-0.05, 0) is 80.5 Å². The molecule has 0 unspecified atom stereocenters. The summed E-state index contributed by atoms with van der Waals surface area (Å²) in [6.07, 6.45) is 1.23. The highest BCUT2D eigenvalue weighted by Crippen LogP contribution is 2.29. The number of hydrogen-bond acceptors (Lipinski definition) is 5. The third-order valence-corrected chi connectivity index (χ3v) is 7.25. The topological polar surface area (TPSA) is 59.8 Å². The average molecular weight is 471 g/mol. The van der Waals surface area contributed by atoms with Crippen LogP contribution < -0.4 is 5.32 Å². The van der Waals surface area contributed by atoms with Crippen LogP contribution in [-0.2, 0) is 4.79 Å². The van der Waals surface area contributed by atoms with E-state index in [0.29, 0.717) is 12.2 Å². The maximum absolute atomic E-state index is 12.5. The van der Waals surface area contributed by atoms with Crippen LogP contribution in [0.1, 0.15) is 29.7 Å². The predicted octanol–water partition coefficient (Wildman–Crippen LogP) is 6.57. The van der Waals surface area contributed by atoms with E-state index in [-0.39, 0.29) is 5.91 Å². The number of nitrogens with one attached hydrogen (secondary N) is 1. The summed E-state index contributed by atoms with van der Waals surface area (Å²) in [7, 11) is 0. The summed E-state index contributed by atoms with van der Waals surface area (Å²) in [6.45, 7) is 6.10. The maximum Gasteiger partial charge on any atom is 0.225 e. The summed E-state index contributed by atoms with van der Waals surface area (Å²) in [5, 5.41) is 9.04. The Morgan fingerprint density at radius 1 is 1.13 bits per heavy atom. The van der Waals surface area contributed by atoms with Crippen LogP contribution in [0.3, 0.4) is 0 Å². The molecular weight excluding hydrogens is 448 g/mol. The minimum absolute atomic E-state index is 0.0225. The molecule has 0 spiro atoms. The average Bonchev–Trinajstić information content (AvgIpc) is 3.29. The van der Waals surface area contributed by atoms with Crippen molar-refractivity contribution in [1.29, 1.82) is 0 Å². The number of carbonyl (C=O) groups excluding carboxylic acids is 1. The lowest BCUT2D eigenvalue weighted by molar-refractivity contribution is -0.116.